The molecule has 0 radical (unpaired) electrons. The second-order valence-electron chi connectivity index (χ2n) is 7.13. The summed E-state index contributed by atoms with van der Waals surface area (Å²) >= 11 is 0. The molecule has 0 fully saturated rings. The number of hydrogen-bond donors (Lipinski definition) is 0. The van der Waals surface area contributed by atoms with Gasteiger partial charge in [0.25, 0.3) is 0 Å². The van der Waals surface area contributed by atoms with Crippen LogP contribution < -0.4 is 0 Å². The van der Waals surface area contributed by atoms with Crippen LogP contribution in [0.25, 0.3) is 0 Å². The lowest BCUT2D eigenvalue weighted by atomic mass is 9.67. The van der Waals surface area contributed by atoms with E-state index in [9.17, 15) is 10.1 Å². The van der Waals surface area contributed by atoms with Crippen molar-refractivity contribution in [3.63, 3.8) is 0 Å². The predicted molar refractivity (Wildman–Crippen MR) is 104 cm³/mol. The van der Waals surface area contributed by atoms with Gasteiger partial charge in [-0.25, -0.2) is 0 Å². The highest BCUT2D eigenvalue weighted by Crippen LogP contribution is 2.46. The van der Waals surface area contributed by atoms with Gasteiger partial charge in [-0.2, -0.15) is 5.26 Å². The molecular weight excluding hydrogens is 362 g/mol. The van der Waals surface area contributed by atoms with Crippen molar-refractivity contribution in [3.05, 3.63) is 23.7 Å². The Morgan fingerprint density at radius 2 is 1.71 bits per heavy atom. The lowest BCUT2D eigenvalue weighted by Gasteiger charge is -2.40. The Hall–Kier alpha value is -2.04. The van der Waals surface area contributed by atoms with Crippen molar-refractivity contribution in [2.75, 3.05) is 34.0 Å². The summed E-state index contributed by atoms with van der Waals surface area (Å²) in [4.78, 5) is 12.9. The van der Waals surface area contributed by atoms with E-state index in [1.807, 2.05) is 26.0 Å². The molecule has 0 N–H and O–H groups in total. The average molecular weight is 395 g/mol. The summed E-state index contributed by atoms with van der Waals surface area (Å²) in [5.41, 5.74) is -2.01. The topological polar surface area (TPSA) is 87.0 Å². The molecule has 0 spiro atoms. The normalized spacial score (nSPS) is 20.5. The van der Waals surface area contributed by atoms with E-state index in [1.54, 1.807) is 35.0 Å². The van der Waals surface area contributed by atoms with Crippen LogP contribution in [0.3, 0.4) is 0 Å². The maximum Gasteiger partial charge on any atom is 0.331 e. The second-order valence-corrected chi connectivity index (χ2v) is 7.13. The fourth-order valence-electron chi connectivity index (χ4n) is 3.31. The van der Waals surface area contributed by atoms with Crippen LogP contribution in [0.1, 0.15) is 41.0 Å². The molecule has 0 bridgehead atoms. The highest BCUT2D eigenvalue weighted by atomic mass is 16.7. The Kier molecular flexibility index (Phi) is 8.99. The minimum absolute atomic E-state index is 0.153. The van der Waals surface area contributed by atoms with Gasteiger partial charge >= 0.3 is 5.97 Å². The van der Waals surface area contributed by atoms with Crippen molar-refractivity contribution >= 4 is 5.97 Å². The van der Waals surface area contributed by atoms with E-state index in [-0.39, 0.29) is 18.9 Å². The Balaban J connectivity index is 3.43. The molecule has 0 aliphatic heterocycles. The molecule has 158 valence electrons. The Morgan fingerprint density at radius 3 is 2.14 bits per heavy atom. The molecule has 0 aromatic rings. The first-order chi connectivity index (χ1) is 13.3. The SMILES string of the molecule is CCOC(=O)C(C#N)(CC1C=C(OC)C(OC)=CC1(C)C)C(OCC)OCC. The minimum atomic E-state index is -1.61. The van der Waals surface area contributed by atoms with Crippen LogP contribution in [0.15, 0.2) is 23.7 Å². The summed E-state index contributed by atoms with van der Waals surface area (Å²) in [6.07, 6.45) is 2.95. The van der Waals surface area contributed by atoms with Gasteiger partial charge in [-0.15, -0.1) is 0 Å². The molecule has 0 aromatic carbocycles. The van der Waals surface area contributed by atoms with Crippen molar-refractivity contribution in [2.45, 2.75) is 47.3 Å². The van der Waals surface area contributed by atoms with Gasteiger partial charge in [0.2, 0.25) is 5.41 Å². The third-order valence-electron chi connectivity index (χ3n) is 4.91. The zero-order chi connectivity index (χ0) is 21.4. The number of methoxy groups -OCH3 is 2. The first kappa shape index (κ1) is 24.0. The summed E-state index contributed by atoms with van der Waals surface area (Å²) in [6, 6.07) is 2.17. The fourth-order valence-corrected chi connectivity index (χ4v) is 3.31. The summed E-state index contributed by atoms with van der Waals surface area (Å²) in [6.45, 7) is 10.1. The maximum absolute atomic E-state index is 12.9. The lowest BCUT2D eigenvalue weighted by Crippen LogP contribution is -2.48. The molecule has 0 aromatic heterocycles. The van der Waals surface area contributed by atoms with Gasteiger partial charge in [-0.1, -0.05) is 13.8 Å². The Bertz CT molecular complexity index is 627. The zero-order valence-electron chi connectivity index (χ0n) is 18.0. The van der Waals surface area contributed by atoms with Crippen LogP contribution in [0.4, 0.5) is 0 Å². The van der Waals surface area contributed by atoms with Crippen LogP contribution in [0, 0.1) is 28.1 Å². The number of nitriles is 1. The predicted octanol–water partition coefficient (Wildman–Crippen LogP) is 3.57. The van der Waals surface area contributed by atoms with Crippen LogP contribution in [-0.2, 0) is 28.5 Å². The summed E-state index contributed by atoms with van der Waals surface area (Å²) < 4.78 is 27.5. The van der Waals surface area contributed by atoms with E-state index in [4.69, 9.17) is 23.7 Å². The standard InChI is InChI=1S/C21H33NO6/c1-8-26-18(23)21(14-22,19(27-9-2)28-10-3)12-15-11-16(24-6)17(25-7)13-20(15,4)5/h11,13,15,19H,8-10,12H2,1-7H3. The van der Waals surface area contributed by atoms with Gasteiger partial charge in [-0.3, -0.25) is 4.79 Å². The van der Waals surface area contributed by atoms with E-state index in [2.05, 4.69) is 6.07 Å². The monoisotopic (exact) mass is 395 g/mol. The van der Waals surface area contributed by atoms with E-state index in [0.717, 1.165) is 0 Å². The van der Waals surface area contributed by atoms with Crippen molar-refractivity contribution in [2.24, 2.45) is 16.7 Å². The first-order valence-electron chi connectivity index (χ1n) is 9.60. The number of carbonyl (C=O) groups is 1. The van der Waals surface area contributed by atoms with Crippen molar-refractivity contribution in [3.8, 4) is 6.07 Å². The average Bonchev–Trinajstić information content (AvgIpc) is 2.66. The summed E-state index contributed by atoms with van der Waals surface area (Å²) in [7, 11) is 3.13. The van der Waals surface area contributed by atoms with Crippen molar-refractivity contribution in [1.82, 2.24) is 0 Å². The van der Waals surface area contributed by atoms with E-state index in [1.165, 1.54) is 0 Å². The molecule has 28 heavy (non-hydrogen) atoms. The zero-order valence-corrected chi connectivity index (χ0v) is 18.0. The molecule has 0 saturated carbocycles. The fraction of sp³-hybridized carbons (Fsp3) is 0.714. The van der Waals surface area contributed by atoms with Crippen molar-refractivity contribution < 1.29 is 28.5 Å². The van der Waals surface area contributed by atoms with Gasteiger partial charge < -0.3 is 23.7 Å². The number of allylic oxidation sites excluding steroid dienone is 2. The third-order valence-corrected chi connectivity index (χ3v) is 4.91. The molecule has 1 aliphatic rings. The number of rotatable bonds is 11. The molecule has 7 heteroatoms. The number of ether oxygens (including phenoxy) is 5. The van der Waals surface area contributed by atoms with Gasteiger partial charge in [0, 0.05) is 13.2 Å². The van der Waals surface area contributed by atoms with Gasteiger partial charge in [0.1, 0.15) is 0 Å². The molecule has 2 unspecified atom stereocenters. The molecule has 1 aliphatic carbocycles. The van der Waals surface area contributed by atoms with Crippen LogP contribution in [-0.4, -0.2) is 46.3 Å². The van der Waals surface area contributed by atoms with Gasteiger partial charge in [0.05, 0.1) is 26.9 Å². The molecule has 1 rings (SSSR count). The molecule has 0 heterocycles. The van der Waals surface area contributed by atoms with Crippen LogP contribution in [0.5, 0.6) is 0 Å². The molecule has 2 atom stereocenters. The van der Waals surface area contributed by atoms with E-state index in [0.29, 0.717) is 24.7 Å². The van der Waals surface area contributed by atoms with Crippen molar-refractivity contribution in [1.29, 1.82) is 5.26 Å². The minimum Gasteiger partial charge on any atom is -0.493 e. The molecule has 0 amide bonds. The molecule has 0 saturated heterocycles. The van der Waals surface area contributed by atoms with Crippen LogP contribution >= 0.6 is 0 Å². The third kappa shape index (κ3) is 5.06. The van der Waals surface area contributed by atoms with E-state index < -0.39 is 23.1 Å². The summed E-state index contributed by atoms with van der Waals surface area (Å²) in [5, 5.41) is 10.1. The quantitative estimate of drug-likeness (QED) is 0.390. The Morgan fingerprint density at radius 1 is 1.14 bits per heavy atom. The maximum atomic E-state index is 12.9. The number of esters is 1. The van der Waals surface area contributed by atoms with Gasteiger partial charge in [-0.05, 0) is 50.7 Å². The number of nitrogens with zero attached hydrogens (tertiary/aromatic N) is 1. The molecular formula is C21H33NO6. The summed E-state index contributed by atoms with van der Waals surface area (Å²) in [5.74, 6) is 0.323. The highest BCUT2D eigenvalue weighted by Gasteiger charge is 2.53. The smallest absolute Gasteiger partial charge is 0.331 e. The Labute approximate surface area is 168 Å². The van der Waals surface area contributed by atoms with Gasteiger partial charge in [0.15, 0.2) is 17.8 Å². The number of carbonyl (C=O) groups excluding carboxylic acids is 1. The highest BCUT2D eigenvalue weighted by molar-refractivity contribution is 5.80. The van der Waals surface area contributed by atoms with Crippen LogP contribution in [0.2, 0.25) is 0 Å². The largest absolute Gasteiger partial charge is 0.493 e. The lowest BCUT2D eigenvalue weighted by molar-refractivity contribution is -0.209. The second kappa shape index (κ2) is 10.5. The first-order valence-corrected chi connectivity index (χ1v) is 9.60. The molecule has 7 nitrogen and oxygen atoms in total. The number of hydrogen-bond acceptors (Lipinski definition) is 7. The van der Waals surface area contributed by atoms with E-state index >= 15 is 0 Å².